The fourth-order valence-electron chi connectivity index (χ4n) is 3.33. The van der Waals surface area contributed by atoms with Crippen LogP contribution in [0.15, 0.2) is 12.2 Å². The summed E-state index contributed by atoms with van der Waals surface area (Å²) < 4.78 is 0. The van der Waals surface area contributed by atoms with Gasteiger partial charge in [-0.15, -0.1) is 0 Å². The van der Waals surface area contributed by atoms with Crippen molar-refractivity contribution in [3.8, 4) is 0 Å². The Morgan fingerprint density at radius 1 is 1.29 bits per heavy atom. The third kappa shape index (κ3) is 1.89. The molecule has 0 radical (unpaired) electrons. The third-order valence-corrected chi connectivity index (χ3v) is 4.71. The van der Waals surface area contributed by atoms with Gasteiger partial charge in [-0.2, -0.15) is 0 Å². The molecule has 0 aromatic rings. The van der Waals surface area contributed by atoms with Crippen molar-refractivity contribution in [2.75, 3.05) is 0 Å². The summed E-state index contributed by atoms with van der Waals surface area (Å²) in [6.07, 6.45) is 14.9. The molecule has 1 saturated carbocycles. The first-order valence-corrected chi connectivity index (χ1v) is 6.47. The first-order valence-electron chi connectivity index (χ1n) is 6.47. The van der Waals surface area contributed by atoms with E-state index in [0.29, 0.717) is 0 Å². The molecular formula is C14H24. The van der Waals surface area contributed by atoms with Crippen molar-refractivity contribution in [3.05, 3.63) is 12.2 Å². The normalized spacial score (nSPS) is 34.4. The molecule has 0 amide bonds. The smallest absolute Gasteiger partial charge is 0.0231 e. The van der Waals surface area contributed by atoms with Gasteiger partial charge in [0, 0.05) is 0 Å². The van der Waals surface area contributed by atoms with Gasteiger partial charge in [0.05, 0.1) is 0 Å². The van der Waals surface area contributed by atoms with Crippen molar-refractivity contribution in [1.29, 1.82) is 0 Å². The highest BCUT2D eigenvalue weighted by Crippen LogP contribution is 2.60. The largest absolute Gasteiger partial charge is 0.0883 e. The molecule has 2 atom stereocenters. The summed E-state index contributed by atoms with van der Waals surface area (Å²) in [7, 11) is 0. The molecule has 0 bridgehead atoms. The van der Waals surface area contributed by atoms with Gasteiger partial charge >= 0.3 is 0 Å². The van der Waals surface area contributed by atoms with E-state index in [0.717, 1.165) is 17.3 Å². The Hall–Kier alpha value is -0.260. The number of hydrogen-bond donors (Lipinski definition) is 0. The SMILES string of the molecule is CCC1(CC)CC1CC1C=CCCC1. The zero-order valence-corrected chi connectivity index (χ0v) is 9.76. The Morgan fingerprint density at radius 2 is 2.07 bits per heavy atom. The van der Waals surface area contributed by atoms with Crippen LogP contribution < -0.4 is 0 Å². The summed E-state index contributed by atoms with van der Waals surface area (Å²) in [5.74, 6) is 1.99. The maximum Gasteiger partial charge on any atom is -0.0231 e. The predicted octanol–water partition coefficient (Wildman–Crippen LogP) is 4.56. The van der Waals surface area contributed by atoms with Crippen molar-refractivity contribution < 1.29 is 0 Å². The summed E-state index contributed by atoms with van der Waals surface area (Å²) in [6.45, 7) is 4.75. The molecule has 2 aliphatic rings. The van der Waals surface area contributed by atoms with Crippen LogP contribution in [0, 0.1) is 17.3 Å². The number of allylic oxidation sites excluding steroid dienone is 2. The molecule has 1 fully saturated rings. The van der Waals surface area contributed by atoms with Crippen LogP contribution in [0.4, 0.5) is 0 Å². The molecule has 2 aliphatic carbocycles. The Balaban J connectivity index is 1.82. The van der Waals surface area contributed by atoms with Gasteiger partial charge in [0.15, 0.2) is 0 Å². The lowest BCUT2D eigenvalue weighted by atomic mass is 9.87. The van der Waals surface area contributed by atoms with Gasteiger partial charge in [-0.3, -0.25) is 0 Å². The minimum Gasteiger partial charge on any atom is -0.0883 e. The molecule has 0 aromatic heterocycles. The van der Waals surface area contributed by atoms with Crippen LogP contribution in [0.25, 0.3) is 0 Å². The average molecular weight is 192 g/mol. The zero-order valence-electron chi connectivity index (χ0n) is 9.76. The quantitative estimate of drug-likeness (QED) is 0.573. The standard InChI is InChI=1S/C14H24/c1-3-14(4-2)11-13(14)10-12-8-6-5-7-9-12/h6,8,12-13H,3-5,7,9-11H2,1-2H3. The molecular weight excluding hydrogens is 168 g/mol. The van der Waals surface area contributed by atoms with Gasteiger partial charge in [-0.1, -0.05) is 38.8 Å². The second-order valence-electron chi connectivity index (χ2n) is 5.33. The summed E-state index contributed by atoms with van der Waals surface area (Å²) >= 11 is 0. The molecule has 0 saturated heterocycles. The van der Waals surface area contributed by atoms with E-state index in [1.807, 2.05) is 0 Å². The van der Waals surface area contributed by atoms with Gasteiger partial charge < -0.3 is 0 Å². The monoisotopic (exact) mass is 192 g/mol. The molecule has 0 aromatic carbocycles. The Labute approximate surface area is 88.8 Å². The van der Waals surface area contributed by atoms with Crippen LogP contribution in [-0.2, 0) is 0 Å². The van der Waals surface area contributed by atoms with E-state index in [-0.39, 0.29) is 0 Å². The van der Waals surface area contributed by atoms with Crippen molar-refractivity contribution in [2.45, 2.75) is 58.8 Å². The number of hydrogen-bond acceptors (Lipinski definition) is 0. The maximum absolute atomic E-state index is 2.48. The van der Waals surface area contributed by atoms with Crippen molar-refractivity contribution >= 4 is 0 Å². The van der Waals surface area contributed by atoms with Gasteiger partial charge in [0.2, 0.25) is 0 Å². The van der Waals surface area contributed by atoms with Crippen LogP contribution >= 0.6 is 0 Å². The maximum atomic E-state index is 2.48. The second kappa shape index (κ2) is 4.08. The molecule has 0 aliphatic heterocycles. The van der Waals surface area contributed by atoms with Crippen molar-refractivity contribution in [2.24, 2.45) is 17.3 Å². The number of rotatable bonds is 4. The molecule has 0 N–H and O–H groups in total. The fraction of sp³-hybridized carbons (Fsp3) is 0.857. The Morgan fingerprint density at radius 3 is 2.57 bits per heavy atom. The zero-order chi connectivity index (χ0) is 10.0. The molecule has 0 heteroatoms. The van der Waals surface area contributed by atoms with Crippen molar-refractivity contribution in [1.82, 2.24) is 0 Å². The molecule has 0 spiro atoms. The van der Waals surface area contributed by atoms with E-state index < -0.39 is 0 Å². The lowest BCUT2D eigenvalue weighted by Crippen LogP contribution is -2.06. The van der Waals surface area contributed by atoms with Gasteiger partial charge in [-0.05, 0) is 49.4 Å². The molecule has 14 heavy (non-hydrogen) atoms. The minimum atomic E-state index is 0.769. The van der Waals surface area contributed by atoms with Crippen LogP contribution in [-0.4, -0.2) is 0 Å². The minimum absolute atomic E-state index is 0.769. The lowest BCUT2D eigenvalue weighted by molar-refractivity contribution is 0.372. The van der Waals surface area contributed by atoms with Crippen LogP contribution in [0.3, 0.4) is 0 Å². The van der Waals surface area contributed by atoms with E-state index in [1.54, 1.807) is 0 Å². The highest BCUT2D eigenvalue weighted by Gasteiger charge is 2.50. The van der Waals surface area contributed by atoms with Gasteiger partial charge in [0.1, 0.15) is 0 Å². The summed E-state index contributed by atoms with van der Waals surface area (Å²) in [5.41, 5.74) is 0.769. The van der Waals surface area contributed by atoms with Crippen LogP contribution in [0.2, 0.25) is 0 Å². The van der Waals surface area contributed by atoms with E-state index in [2.05, 4.69) is 26.0 Å². The van der Waals surface area contributed by atoms with E-state index in [1.165, 1.54) is 44.9 Å². The highest BCUT2D eigenvalue weighted by molar-refractivity contribution is 5.04. The Bertz CT molecular complexity index is 210. The van der Waals surface area contributed by atoms with Crippen molar-refractivity contribution in [3.63, 3.8) is 0 Å². The van der Waals surface area contributed by atoms with Gasteiger partial charge in [-0.25, -0.2) is 0 Å². The third-order valence-electron chi connectivity index (χ3n) is 4.71. The van der Waals surface area contributed by atoms with E-state index in [9.17, 15) is 0 Å². The topological polar surface area (TPSA) is 0 Å². The predicted molar refractivity (Wildman–Crippen MR) is 62.2 cm³/mol. The fourth-order valence-corrected chi connectivity index (χ4v) is 3.33. The van der Waals surface area contributed by atoms with E-state index in [4.69, 9.17) is 0 Å². The first-order chi connectivity index (χ1) is 6.80. The molecule has 80 valence electrons. The summed E-state index contributed by atoms with van der Waals surface area (Å²) in [4.78, 5) is 0. The van der Waals surface area contributed by atoms with Crippen LogP contribution in [0.1, 0.15) is 58.8 Å². The Kier molecular flexibility index (Phi) is 2.99. The lowest BCUT2D eigenvalue weighted by Gasteiger charge is -2.18. The highest BCUT2D eigenvalue weighted by atomic mass is 14.6. The van der Waals surface area contributed by atoms with Crippen LogP contribution in [0.5, 0.6) is 0 Å². The molecule has 0 heterocycles. The first kappa shape index (κ1) is 10.3. The summed E-state index contributed by atoms with van der Waals surface area (Å²) in [5, 5.41) is 0. The molecule has 0 nitrogen and oxygen atoms in total. The molecule has 2 rings (SSSR count). The molecule has 2 unspecified atom stereocenters. The summed E-state index contributed by atoms with van der Waals surface area (Å²) in [6, 6.07) is 0. The average Bonchev–Trinajstić information content (AvgIpc) is 2.94. The van der Waals surface area contributed by atoms with E-state index >= 15 is 0 Å². The van der Waals surface area contributed by atoms with Gasteiger partial charge in [0.25, 0.3) is 0 Å². The second-order valence-corrected chi connectivity index (χ2v) is 5.33.